The Bertz CT molecular complexity index is 267. The molecule has 18 heavy (non-hydrogen) atoms. The minimum atomic E-state index is -0.145. The van der Waals surface area contributed by atoms with Gasteiger partial charge in [0.25, 0.3) is 0 Å². The van der Waals surface area contributed by atoms with Gasteiger partial charge in [0.05, 0.1) is 5.84 Å². The number of hydrogen-bond acceptors (Lipinski definition) is 3. The molecule has 4 nitrogen and oxygen atoms in total. The molecule has 106 valence electrons. The fraction of sp³-hybridized carbons (Fsp3) is 0.929. The quantitative estimate of drug-likeness (QED) is 0.561. The molecule has 1 rings (SSSR count). The van der Waals surface area contributed by atoms with Crippen molar-refractivity contribution in [2.24, 2.45) is 11.1 Å². The molecule has 1 fully saturated rings. The van der Waals surface area contributed by atoms with Crippen LogP contribution in [0.2, 0.25) is 0 Å². The second kappa shape index (κ2) is 6.53. The van der Waals surface area contributed by atoms with Crippen LogP contribution in [0.4, 0.5) is 0 Å². The van der Waals surface area contributed by atoms with Gasteiger partial charge in [-0.1, -0.05) is 13.8 Å². The zero-order chi connectivity index (χ0) is 13.8. The van der Waals surface area contributed by atoms with Gasteiger partial charge < -0.3 is 15.5 Å². The van der Waals surface area contributed by atoms with Gasteiger partial charge in [-0.05, 0) is 59.4 Å². The van der Waals surface area contributed by atoms with Crippen LogP contribution in [0.1, 0.15) is 39.5 Å². The molecule has 1 heterocycles. The third-order valence-electron chi connectivity index (χ3n) is 4.35. The van der Waals surface area contributed by atoms with E-state index in [1.54, 1.807) is 0 Å². The van der Waals surface area contributed by atoms with Crippen LogP contribution in [-0.4, -0.2) is 55.4 Å². The van der Waals surface area contributed by atoms with Crippen LogP contribution in [-0.2, 0) is 0 Å². The van der Waals surface area contributed by atoms with E-state index in [4.69, 9.17) is 11.1 Å². The first kappa shape index (κ1) is 15.4. The SMILES string of the molecule is CN1CCC(N(C)CCCC(C)(C)C(=N)N)CC1. The zero-order valence-electron chi connectivity index (χ0n) is 12.5. The van der Waals surface area contributed by atoms with Gasteiger partial charge in [-0.3, -0.25) is 5.41 Å². The lowest BCUT2D eigenvalue weighted by Crippen LogP contribution is -2.42. The molecular formula is C14H30N4. The summed E-state index contributed by atoms with van der Waals surface area (Å²) in [6.07, 6.45) is 4.68. The van der Waals surface area contributed by atoms with Crippen LogP contribution in [0.15, 0.2) is 0 Å². The molecule has 0 amide bonds. The van der Waals surface area contributed by atoms with Crippen molar-refractivity contribution in [3.05, 3.63) is 0 Å². The maximum atomic E-state index is 7.56. The van der Waals surface area contributed by atoms with Crippen LogP contribution < -0.4 is 5.73 Å². The molecule has 0 aromatic carbocycles. The van der Waals surface area contributed by atoms with E-state index >= 15 is 0 Å². The second-order valence-electron chi connectivity index (χ2n) is 6.42. The Morgan fingerprint density at radius 1 is 1.39 bits per heavy atom. The smallest absolute Gasteiger partial charge is 0.0963 e. The molecule has 0 aromatic rings. The summed E-state index contributed by atoms with van der Waals surface area (Å²) in [7, 11) is 4.43. The number of nitrogens with two attached hydrogens (primary N) is 1. The normalized spacial score (nSPS) is 19.4. The number of rotatable bonds is 6. The van der Waals surface area contributed by atoms with Crippen molar-refractivity contribution in [3.63, 3.8) is 0 Å². The molecule has 0 aliphatic carbocycles. The Morgan fingerprint density at radius 3 is 2.44 bits per heavy atom. The van der Waals surface area contributed by atoms with Crippen molar-refractivity contribution in [1.82, 2.24) is 9.80 Å². The first-order valence-electron chi connectivity index (χ1n) is 7.06. The molecule has 1 saturated heterocycles. The van der Waals surface area contributed by atoms with Crippen molar-refractivity contribution in [2.45, 2.75) is 45.6 Å². The van der Waals surface area contributed by atoms with E-state index < -0.39 is 0 Å². The number of likely N-dealkylation sites (tertiary alicyclic amines) is 1. The first-order chi connectivity index (χ1) is 8.33. The molecule has 0 spiro atoms. The lowest BCUT2D eigenvalue weighted by atomic mass is 9.86. The Labute approximate surface area is 112 Å². The molecule has 0 atom stereocenters. The molecule has 0 bridgehead atoms. The van der Waals surface area contributed by atoms with Crippen molar-refractivity contribution in [1.29, 1.82) is 5.41 Å². The first-order valence-corrected chi connectivity index (χ1v) is 7.06. The summed E-state index contributed by atoms with van der Waals surface area (Å²) < 4.78 is 0. The molecule has 1 aliphatic heterocycles. The monoisotopic (exact) mass is 254 g/mol. The Morgan fingerprint density at radius 2 is 1.94 bits per heavy atom. The summed E-state index contributed by atoms with van der Waals surface area (Å²) >= 11 is 0. The lowest BCUT2D eigenvalue weighted by Gasteiger charge is -2.35. The second-order valence-corrected chi connectivity index (χ2v) is 6.42. The predicted molar refractivity (Wildman–Crippen MR) is 78.1 cm³/mol. The fourth-order valence-corrected chi connectivity index (χ4v) is 2.52. The van der Waals surface area contributed by atoms with Crippen molar-refractivity contribution < 1.29 is 0 Å². The number of nitrogens with one attached hydrogen (secondary N) is 1. The molecule has 0 saturated carbocycles. The number of amidine groups is 1. The van der Waals surface area contributed by atoms with Crippen LogP contribution in [0, 0.1) is 10.8 Å². The van der Waals surface area contributed by atoms with Crippen LogP contribution in [0.3, 0.4) is 0 Å². The average molecular weight is 254 g/mol. The molecule has 0 radical (unpaired) electrons. The number of nitrogens with zero attached hydrogens (tertiary/aromatic N) is 2. The highest BCUT2D eigenvalue weighted by atomic mass is 15.2. The van der Waals surface area contributed by atoms with Gasteiger partial charge >= 0.3 is 0 Å². The summed E-state index contributed by atoms with van der Waals surface area (Å²) in [5, 5.41) is 7.56. The number of piperidine rings is 1. The van der Waals surface area contributed by atoms with Gasteiger partial charge in [0.2, 0.25) is 0 Å². The standard InChI is InChI=1S/C14H30N4/c1-14(2,13(15)16)8-5-9-18(4)12-6-10-17(3)11-7-12/h12H,5-11H2,1-4H3,(H3,15,16). The Hall–Kier alpha value is -0.610. The third kappa shape index (κ3) is 4.58. The van der Waals surface area contributed by atoms with Gasteiger partial charge in [-0.2, -0.15) is 0 Å². The summed E-state index contributed by atoms with van der Waals surface area (Å²) in [5.41, 5.74) is 5.46. The Balaban J connectivity index is 2.25. The van der Waals surface area contributed by atoms with Crippen molar-refractivity contribution in [2.75, 3.05) is 33.7 Å². The Kier molecular flexibility index (Phi) is 5.60. The predicted octanol–water partition coefficient (Wildman–Crippen LogP) is 1.75. The maximum Gasteiger partial charge on any atom is 0.0963 e. The topological polar surface area (TPSA) is 56.4 Å². The largest absolute Gasteiger partial charge is 0.387 e. The highest BCUT2D eigenvalue weighted by molar-refractivity contribution is 5.82. The molecule has 3 N–H and O–H groups in total. The molecular weight excluding hydrogens is 224 g/mol. The van der Waals surface area contributed by atoms with Crippen LogP contribution in [0.5, 0.6) is 0 Å². The lowest BCUT2D eigenvalue weighted by molar-refractivity contribution is 0.140. The highest BCUT2D eigenvalue weighted by Crippen LogP contribution is 2.22. The van der Waals surface area contributed by atoms with E-state index in [0.717, 1.165) is 25.4 Å². The molecule has 1 aliphatic rings. The average Bonchev–Trinajstić information content (AvgIpc) is 2.29. The third-order valence-corrected chi connectivity index (χ3v) is 4.35. The summed E-state index contributed by atoms with van der Waals surface area (Å²) in [6, 6.07) is 0.738. The molecule has 4 heteroatoms. The molecule has 0 unspecified atom stereocenters. The minimum Gasteiger partial charge on any atom is -0.387 e. The summed E-state index contributed by atoms with van der Waals surface area (Å²) in [6.45, 7) is 7.67. The highest BCUT2D eigenvalue weighted by Gasteiger charge is 2.23. The van der Waals surface area contributed by atoms with Gasteiger partial charge in [-0.25, -0.2) is 0 Å². The van der Waals surface area contributed by atoms with Gasteiger partial charge in [-0.15, -0.1) is 0 Å². The van der Waals surface area contributed by atoms with Gasteiger partial charge in [0.15, 0.2) is 0 Å². The van der Waals surface area contributed by atoms with Crippen molar-refractivity contribution in [3.8, 4) is 0 Å². The van der Waals surface area contributed by atoms with E-state index in [-0.39, 0.29) is 5.41 Å². The minimum absolute atomic E-state index is 0.145. The maximum absolute atomic E-state index is 7.56. The molecule has 0 aromatic heterocycles. The van der Waals surface area contributed by atoms with E-state index in [2.05, 4.69) is 37.7 Å². The fourth-order valence-electron chi connectivity index (χ4n) is 2.52. The summed E-state index contributed by atoms with van der Waals surface area (Å²) in [5.74, 6) is 0.310. The van der Waals surface area contributed by atoms with E-state index in [0.29, 0.717) is 5.84 Å². The van der Waals surface area contributed by atoms with E-state index in [9.17, 15) is 0 Å². The van der Waals surface area contributed by atoms with Crippen LogP contribution in [0.25, 0.3) is 0 Å². The van der Waals surface area contributed by atoms with Gasteiger partial charge in [0, 0.05) is 11.5 Å². The number of hydrogen-bond donors (Lipinski definition) is 2. The van der Waals surface area contributed by atoms with Crippen molar-refractivity contribution >= 4 is 5.84 Å². The van der Waals surface area contributed by atoms with E-state index in [1.807, 2.05) is 0 Å². The van der Waals surface area contributed by atoms with Crippen LogP contribution >= 0.6 is 0 Å². The summed E-state index contributed by atoms with van der Waals surface area (Å²) in [4.78, 5) is 4.90. The van der Waals surface area contributed by atoms with E-state index in [1.165, 1.54) is 25.9 Å². The zero-order valence-corrected chi connectivity index (χ0v) is 12.5. The van der Waals surface area contributed by atoms with Gasteiger partial charge in [0.1, 0.15) is 0 Å².